The molecule has 0 heterocycles. The number of esters is 4. The Morgan fingerprint density at radius 2 is 0.337 bits per heavy atom. The number of allylic oxidation sites excluding steroid dienone is 8. The molecule has 0 aliphatic carbocycles. The molecule has 596 valence electrons. The van der Waals surface area contributed by atoms with Crippen molar-refractivity contribution >= 4 is 136 Å². The van der Waals surface area contributed by atoms with E-state index >= 15 is 0 Å². The van der Waals surface area contributed by atoms with Gasteiger partial charge in [-0.2, -0.15) is 13.5 Å². The molecule has 0 fully saturated rings. The Morgan fingerprint density at radius 1 is 0.218 bits per heavy atom. The molecule has 0 atom stereocenters. The van der Waals surface area contributed by atoms with Crippen molar-refractivity contribution < 1.29 is 38.1 Å². The predicted octanol–water partition coefficient (Wildman–Crippen LogP) is 26.6. The van der Waals surface area contributed by atoms with Gasteiger partial charge in [0.1, 0.15) is 0 Å². The van der Waals surface area contributed by atoms with Gasteiger partial charge in [0.2, 0.25) is 0 Å². The normalized spacial score (nSPS) is 10.7. The third-order valence-corrected chi connectivity index (χ3v) is 17.7. The first-order valence-electron chi connectivity index (χ1n) is 40.8. The summed E-state index contributed by atoms with van der Waals surface area (Å²) in [7, 11) is 0. The van der Waals surface area contributed by atoms with Crippen LogP contribution in [0.3, 0.4) is 0 Å². The summed E-state index contributed by atoms with van der Waals surface area (Å²) in [6.45, 7) is 10.3. The van der Waals surface area contributed by atoms with Crippen molar-refractivity contribution in [2.75, 3.05) is 49.4 Å². The molecule has 0 aliphatic rings. The molecule has 4 radical (unpaired) electrons. The molecule has 0 unspecified atom stereocenters. The molecule has 101 heavy (non-hydrogen) atoms. The van der Waals surface area contributed by atoms with Gasteiger partial charge in [0.25, 0.3) is 0 Å². The maximum absolute atomic E-state index is 11.3. The van der Waals surface area contributed by atoms with E-state index in [0.29, 0.717) is 75.1 Å². The largest absolute Gasteiger partial charge is 2.00 e. The summed E-state index contributed by atoms with van der Waals surface area (Å²) in [6.07, 6.45) is 93.3. The Hall–Kier alpha value is 0.187. The third kappa shape index (κ3) is 124. The summed E-state index contributed by atoms with van der Waals surface area (Å²) in [5.41, 5.74) is 0. The fourth-order valence-corrected chi connectivity index (χ4v) is 11.6. The van der Waals surface area contributed by atoms with Crippen molar-refractivity contribution in [3.8, 4) is 0 Å². The van der Waals surface area contributed by atoms with E-state index in [1.807, 2.05) is 0 Å². The Labute approximate surface area is 693 Å². The van der Waals surface area contributed by atoms with Gasteiger partial charge in [0, 0.05) is 25.7 Å². The van der Waals surface area contributed by atoms with Crippen molar-refractivity contribution in [2.45, 2.75) is 428 Å². The summed E-state index contributed by atoms with van der Waals surface area (Å²) in [5.74, 6) is 1.68. The van der Waals surface area contributed by atoms with Crippen molar-refractivity contribution in [2.24, 2.45) is 0 Å². The van der Waals surface area contributed by atoms with Crippen molar-refractivity contribution in [3.63, 3.8) is 0 Å². The van der Waals surface area contributed by atoms with Gasteiger partial charge in [-0.3, -0.25) is 19.2 Å². The SMILES string of the molecule is C.C.CC/C=C/CCCCCCCCCCCCCCC(=O)OCC[S-].CC/C=C/CCCCCCCCCCCCCCC(=O)OCC[S-].CC/C=C/CCCCCCCCCCCCCCC(=O)OCC[S-].CC/C=C/CCCCCCCCCCCCCCC(=O)OCC[S-].S.[Sn+2].[Sn+2]. The van der Waals surface area contributed by atoms with E-state index in [1.165, 1.54) is 308 Å². The molecule has 15 heteroatoms. The van der Waals surface area contributed by atoms with Crippen LogP contribution < -0.4 is 0 Å². The quantitative estimate of drug-likeness (QED) is 0.0145. The van der Waals surface area contributed by atoms with Crippen molar-refractivity contribution in [3.05, 3.63) is 48.6 Å². The monoisotopic (exact) mass is 1730 g/mol. The van der Waals surface area contributed by atoms with Crippen LogP contribution in [0.25, 0.3) is 0 Å². The summed E-state index contributed by atoms with van der Waals surface area (Å²) in [4.78, 5) is 45.1. The fraction of sp³-hybridized carbons (Fsp3) is 0.860. The smallest absolute Gasteiger partial charge is 0.789 e. The van der Waals surface area contributed by atoms with Gasteiger partial charge in [0.05, 0.1) is 26.4 Å². The molecule has 0 saturated heterocycles. The topological polar surface area (TPSA) is 105 Å². The first-order chi connectivity index (χ1) is 47.2. The molecule has 0 aromatic rings. The van der Waals surface area contributed by atoms with Crippen LogP contribution in [-0.4, -0.2) is 121 Å². The average Bonchev–Trinajstić information content (AvgIpc) is 3.82. The Kier molecular flexibility index (Phi) is 137. The summed E-state index contributed by atoms with van der Waals surface area (Å²) >= 11 is 19.0. The molecule has 0 rings (SSSR count). The van der Waals surface area contributed by atoms with Gasteiger partial charge in [-0.1, -0.05) is 348 Å². The second-order valence-corrected chi connectivity index (χ2v) is 28.0. The van der Waals surface area contributed by atoms with E-state index < -0.39 is 0 Å². The zero-order valence-electron chi connectivity index (χ0n) is 65.1. The van der Waals surface area contributed by atoms with Gasteiger partial charge in [-0.05, 0) is 103 Å². The summed E-state index contributed by atoms with van der Waals surface area (Å²) < 4.78 is 19.9. The van der Waals surface area contributed by atoms with E-state index in [2.05, 4.69) is 76.3 Å². The number of hydrogen-bond acceptors (Lipinski definition) is 12. The number of carbonyl (C=O) groups is 4. The maximum atomic E-state index is 11.3. The Bertz CT molecular complexity index is 1410. The molecular formula is C86H166O8S5Sn2. The van der Waals surface area contributed by atoms with Crippen LogP contribution in [0, 0.1) is 0 Å². The maximum Gasteiger partial charge on any atom is 2.00 e. The van der Waals surface area contributed by atoms with E-state index in [-0.39, 0.29) is 100 Å². The zero-order valence-corrected chi connectivity index (χ0v) is 75.1. The molecule has 0 aromatic heterocycles. The van der Waals surface area contributed by atoms with Crippen LogP contribution in [0.4, 0.5) is 0 Å². The molecule has 0 aromatic carbocycles. The minimum atomic E-state index is -0.0822. The Morgan fingerprint density at radius 3 is 0.455 bits per heavy atom. The minimum absolute atomic E-state index is 0. The number of carbonyl (C=O) groups excluding carboxylic acids is 4. The molecule has 0 amide bonds. The van der Waals surface area contributed by atoms with E-state index in [9.17, 15) is 19.2 Å². The van der Waals surface area contributed by atoms with Crippen LogP contribution in [0.1, 0.15) is 428 Å². The van der Waals surface area contributed by atoms with Gasteiger partial charge in [-0.15, -0.1) is 23.0 Å². The van der Waals surface area contributed by atoms with Crippen molar-refractivity contribution in [1.82, 2.24) is 0 Å². The molecule has 0 bridgehead atoms. The van der Waals surface area contributed by atoms with Gasteiger partial charge in [-0.25, -0.2) is 0 Å². The first kappa shape index (κ1) is 120. The van der Waals surface area contributed by atoms with E-state index in [4.69, 9.17) is 69.5 Å². The molecule has 0 saturated carbocycles. The number of ether oxygens (including phenoxy) is 4. The minimum Gasteiger partial charge on any atom is -0.789 e. The summed E-state index contributed by atoms with van der Waals surface area (Å²) in [5, 5.41) is 0. The van der Waals surface area contributed by atoms with E-state index in [0.717, 1.165) is 51.4 Å². The number of rotatable bonds is 72. The first-order valence-corrected chi connectivity index (χ1v) is 43.1. The predicted molar refractivity (Wildman–Crippen MR) is 464 cm³/mol. The average molecular weight is 1730 g/mol. The second kappa shape index (κ2) is 116. The van der Waals surface area contributed by atoms with Crippen LogP contribution in [-0.2, 0) is 88.6 Å². The number of hydrogen-bond donors (Lipinski definition) is 0. The third-order valence-electron chi connectivity index (χ3n) is 17.0. The van der Waals surface area contributed by atoms with Crippen LogP contribution in [0.5, 0.6) is 0 Å². The van der Waals surface area contributed by atoms with E-state index in [1.54, 1.807) is 0 Å². The molecule has 0 aliphatic heterocycles. The van der Waals surface area contributed by atoms with Gasteiger partial charge < -0.3 is 69.5 Å². The van der Waals surface area contributed by atoms with Crippen LogP contribution in [0.2, 0.25) is 0 Å². The Balaban J connectivity index is -0.000000157. The second-order valence-electron chi connectivity index (χ2n) is 26.3. The van der Waals surface area contributed by atoms with Crippen LogP contribution >= 0.6 is 13.5 Å². The fourth-order valence-electron chi connectivity index (χ4n) is 11.2. The number of unbranched alkanes of at least 4 members (excludes halogenated alkanes) is 48. The molecule has 0 spiro atoms. The summed E-state index contributed by atoms with van der Waals surface area (Å²) in [6, 6.07) is 0. The standard InChI is InChI=1S/4C21H40O2S.2CH4.H2S.2Sn/c4*1-2-3-4-5-6-7-8-9-10-11-12-13-14-15-16-17-18-21(22)23-19-20-24;;;;;/h4*3-4,24H,2,5-20H2,1H3;2*1H4;1H2;;/q;;;;;;;2*+2/p-4/b4*4-3+;;;;;. The molecule has 8 nitrogen and oxygen atoms in total. The molecular weight excluding hydrogens is 1560 g/mol. The van der Waals surface area contributed by atoms with Crippen molar-refractivity contribution in [1.29, 1.82) is 0 Å². The molecule has 0 N–H and O–H groups in total. The van der Waals surface area contributed by atoms with Gasteiger partial charge >= 0.3 is 71.7 Å². The zero-order chi connectivity index (χ0) is 70.9. The van der Waals surface area contributed by atoms with Crippen LogP contribution in [0.15, 0.2) is 48.6 Å². The van der Waals surface area contributed by atoms with Gasteiger partial charge in [0.15, 0.2) is 0 Å².